The van der Waals surface area contributed by atoms with E-state index in [1.807, 2.05) is 5.21 Å². The number of nitro benzene ring substituents is 1. The normalized spacial score (nSPS) is 11.3. The van der Waals surface area contributed by atoms with Crippen molar-refractivity contribution >= 4 is 15.5 Å². The Kier molecular flexibility index (Phi) is 2.55. The van der Waals surface area contributed by atoms with Gasteiger partial charge in [-0.05, 0) is 17.3 Å². The van der Waals surface area contributed by atoms with Crippen LogP contribution in [0.4, 0.5) is 5.69 Å². The number of non-ortho nitro benzene ring substituents is 1. The van der Waals surface area contributed by atoms with Gasteiger partial charge in [0, 0.05) is 12.1 Å². The van der Waals surface area contributed by atoms with E-state index in [2.05, 4.69) is 15.4 Å². The van der Waals surface area contributed by atoms with Crippen LogP contribution in [0.2, 0.25) is 0 Å². The maximum atomic E-state index is 11.8. The van der Waals surface area contributed by atoms with E-state index >= 15 is 0 Å². The Balaban J connectivity index is 2.45. The fourth-order valence-corrected chi connectivity index (χ4v) is 2.13. The molecule has 0 saturated carbocycles. The highest BCUT2D eigenvalue weighted by Crippen LogP contribution is 2.19. The Morgan fingerprint density at radius 1 is 1.24 bits per heavy atom. The quantitative estimate of drug-likeness (QED) is 0.600. The van der Waals surface area contributed by atoms with Crippen molar-refractivity contribution in [3.8, 4) is 0 Å². The zero-order valence-electron chi connectivity index (χ0n) is 8.14. The first-order chi connectivity index (χ1) is 8.01. The summed E-state index contributed by atoms with van der Waals surface area (Å²) in [5.74, 6) is 0. The molecule has 0 fully saturated rings. The SMILES string of the molecule is O=[N+]([O-])c1ccc(S(=O)(=O)c2nn[nH]n2)cc1. The number of hydrogen-bond donors (Lipinski definition) is 1. The molecule has 0 atom stereocenters. The maximum absolute atomic E-state index is 11.8. The van der Waals surface area contributed by atoms with Crippen LogP contribution < -0.4 is 0 Å². The number of nitrogens with one attached hydrogen (secondary N) is 1. The van der Waals surface area contributed by atoms with Crippen LogP contribution in [-0.4, -0.2) is 34.0 Å². The topological polar surface area (TPSA) is 132 Å². The van der Waals surface area contributed by atoms with E-state index in [0.717, 1.165) is 24.3 Å². The van der Waals surface area contributed by atoms with Gasteiger partial charge in [0.05, 0.1) is 9.82 Å². The van der Waals surface area contributed by atoms with Gasteiger partial charge in [-0.1, -0.05) is 5.10 Å². The Morgan fingerprint density at radius 2 is 1.88 bits per heavy atom. The molecule has 0 amide bonds. The Morgan fingerprint density at radius 3 is 2.35 bits per heavy atom. The number of sulfone groups is 1. The number of tetrazole rings is 1. The molecule has 1 heterocycles. The third-order valence-electron chi connectivity index (χ3n) is 1.92. The first-order valence-corrected chi connectivity index (χ1v) is 5.73. The molecule has 2 aromatic rings. The monoisotopic (exact) mass is 255 g/mol. The van der Waals surface area contributed by atoms with Crippen LogP contribution in [0.25, 0.3) is 0 Å². The summed E-state index contributed by atoms with van der Waals surface area (Å²) in [6.45, 7) is 0. The minimum atomic E-state index is -3.88. The molecule has 0 bridgehead atoms. The summed E-state index contributed by atoms with van der Waals surface area (Å²) in [6, 6.07) is 4.41. The number of nitrogens with zero attached hydrogens (tertiary/aromatic N) is 4. The standard InChI is InChI=1S/C7H5N5O4S/c13-12(14)5-1-3-6(4-2-5)17(15,16)7-8-10-11-9-7/h1-4H,(H,8,9,10,11). The van der Waals surface area contributed by atoms with Crippen LogP contribution in [0, 0.1) is 10.1 Å². The van der Waals surface area contributed by atoms with Gasteiger partial charge in [-0.15, -0.1) is 5.10 Å². The van der Waals surface area contributed by atoms with Gasteiger partial charge in [-0.2, -0.15) is 5.21 Å². The largest absolute Gasteiger partial charge is 0.292 e. The highest BCUT2D eigenvalue weighted by atomic mass is 32.2. The van der Waals surface area contributed by atoms with Crippen LogP contribution >= 0.6 is 0 Å². The van der Waals surface area contributed by atoms with E-state index in [4.69, 9.17) is 0 Å². The molecule has 1 N–H and O–H groups in total. The highest BCUT2D eigenvalue weighted by molar-refractivity contribution is 7.91. The molecule has 1 aromatic heterocycles. The van der Waals surface area contributed by atoms with Crippen LogP contribution in [-0.2, 0) is 9.84 Å². The van der Waals surface area contributed by atoms with E-state index in [9.17, 15) is 18.5 Å². The number of aromatic nitrogens is 4. The van der Waals surface area contributed by atoms with E-state index in [0.29, 0.717) is 0 Å². The number of benzene rings is 1. The van der Waals surface area contributed by atoms with Gasteiger partial charge in [0.1, 0.15) is 0 Å². The second-order valence-corrected chi connectivity index (χ2v) is 4.79. The van der Waals surface area contributed by atoms with Crippen molar-refractivity contribution in [3.63, 3.8) is 0 Å². The summed E-state index contributed by atoms with van der Waals surface area (Å²) < 4.78 is 23.6. The first kappa shape index (κ1) is 11.1. The number of aromatic amines is 1. The maximum Gasteiger partial charge on any atom is 0.292 e. The van der Waals surface area contributed by atoms with Crippen molar-refractivity contribution in [2.75, 3.05) is 0 Å². The van der Waals surface area contributed by atoms with Gasteiger partial charge in [0.2, 0.25) is 9.84 Å². The molecule has 88 valence electrons. The Labute approximate surface area is 94.5 Å². The first-order valence-electron chi connectivity index (χ1n) is 4.25. The lowest BCUT2D eigenvalue weighted by Gasteiger charge is -1.98. The fourth-order valence-electron chi connectivity index (χ4n) is 1.12. The number of rotatable bonds is 3. The molecule has 17 heavy (non-hydrogen) atoms. The molecule has 0 unspecified atom stereocenters. The van der Waals surface area contributed by atoms with Crippen LogP contribution in [0.5, 0.6) is 0 Å². The number of hydrogen-bond acceptors (Lipinski definition) is 7. The van der Waals surface area contributed by atoms with Gasteiger partial charge >= 0.3 is 0 Å². The Bertz CT molecular complexity index is 633. The predicted molar refractivity (Wildman–Crippen MR) is 52.7 cm³/mol. The summed E-state index contributed by atoms with van der Waals surface area (Å²) >= 11 is 0. The second-order valence-electron chi connectivity index (χ2n) is 2.95. The molecule has 1 aromatic carbocycles. The van der Waals surface area contributed by atoms with Gasteiger partial charge in [-0.25, -0.2) is 8.42 Å². The van der Waals surface area contributed by atoms with Gasteiger partial charge in [0.15, 0.2) is 0 Å². The lowest BCUT2D eigenvalue weighted by molar-refractivity contribution is -0.384. The summed E-state index contributed by atoms with van der Waals surface area (Å²) in [7, 11) is -3.88. The molecular weight excluding hydrogens is 250 g/mol. The van der Waals surface area contributed by atoms with Gasteiger partial charge in [-0.3, -0.25) is 10.1 Å². The van der Waals surface area contributed by atoms with Crippen LogP contribution in [0.15, 0.2) is 34.3 Å². The molecule has 0 saturated heterocycles. The molecule has 0 aliphatic rings. The second kappa shape index (κ2) is 3.90. The fraction of sp³-hybridized carbons (Fsp3) is 0. The molecule has 9 nitrogen and oxygen atoms in total. The van der Waals surface area contributed by atoms with Crippen LogP contribution in [0.1, 0.15) is 0 Å². The molecule has 0 aliphatic carbocycles. The predicted octanol–water partition coefficient (Wildman–Crippen LogP) is -0.0593. The summed E-state index contributed by atoms with van der Waals surface area (Å²) in [6.07, 6.45) is 0. The number of nitro groups is 1. The molecule has 10 heteroatoms. The third-order valence-corrected chi connectivity index (χ3v) is 3.47. The number of H-pyrrole nitrogens is 1. The van der Waals surface area contributed by atoms with Crippen molar-refractivity contribution in [2.45, 2.75) is 10.1 Å². The van der Waals surface area contributed by atoms with Crippen molar-refractivity contribution in [1.82, 2.24) is 20.6 Å². The van der Waals surface area contributed by atoms with E-state index < -0.39 is 19.9 Å². The van der Waals surface area contributed by atoms with E-state index in [1.54, 1.807) is 0 Å². The zero-order chi connectivity index (χ0) is 12.5. The van der Waals surface area contributed by atoms with Crippen molar-refractivity contribution < 1.29 is 13.3 Å². The Hall–Kier alpha value is -2.36. The van der Waals surface area contributed by atoms with Gasteiger partial charge in [0.25, 0.3) is 10.8 Å². The average Bonchev–Trinajstić information content (AvgIpc) is 2.83. The highest BCUT2D eigenvalue weighted by Gasteiger charge is 2.23. The summed E-state index contributed by atoms with van der Waals surface area (Å²) in [5, 5.41) is 21.8. The summed E-state index contributed by atoms with van der Waals surface area (Å²) in [4.78, 5) is 9.65. The molecule has 0 radical (unpaired) electrons. The molecule has 0 aliphatic heterocycles. The van der Waals surface area contributed by atoms with Crippen molar-refractivity contribution in [1.29, 1.82) is 0 Å². The van der Waals surface area contributed by atoms with E-state index in [-0.39, 0.29) is 10.6 Å². The van der Waals surface area contributed by atoms with Crippen LogP contribution in [0.3, 0.4) is 0 Å². The molecule has 2 rings (SSSR count). The minimum absolute atomic E-state index is 0.135. The molecular formula is C7H5N5O4S. The van der Waals surface area contributed by atoms with Crippen molar-refractivity contribution in [2.24, 2.45) is 0 Å². The van der Waals surface area contributed by atoms with Gasteiger partial charge < -0.3 is 0 Å². The lowest BCUT2D eigenvalue weighted by Crippen LogP contribution is -2.04. The van der Waals surface area contributed by atoms with E-state index in [1.165, 1.54) is 0 Å². The zero-order valence-corrected chi connectivity index (χ0v) is 8.96. The minimum Gasteiger partial charge on any atom is -0.258 e. The molecule has 0 spiro atoms. The lowest BCUT2D eigenvalue weighted by atomic mass is 10.3. The third kappa shape index (κ3) is 1.97. The smallest absolute Gasteiger partial charge is 0.258 e. The average molecular weight is 255 g/mol. The summed E-state index contributed by atoms with van der Waals surface area (Å²) in [5.41, 5.74) is -0.197. The van der Waals surface area contributed by atoms with Crippen molar-refractivity contribution in [3.05, 3.63) is 34.4 Å².